The second-order valence-corrected chi connectivity index (χ2v) is 9.50. The molecule has 168 valence electrons. The van der Waals surface area contributed by atoms with Gasteiger partial charge in [0.1, 0.15) is 12.3 Å². The summed E-state index contributed by atoms with van der Waals surface area (Å²) in [5.74, 6) is 0.218. The van der Waals surface area contributed by atoms with Crippen LogP contribution in [0, 0.1) is 6.92 Å². The molecule has 0 bridgehead atoms. The number of carbonyl (C=O) groups is 1. The van der Waals surface area contributed by atoms with Crippen molar-refractivity contribution in [3.63, 3.8) is 0 Å². The van der Waals surface area contributed by atoms with Gasteiger partial charge in [-0.15, -0.1) is 0 Å². The summed E-state index contributed by atoms with van der Waals surface area (Å²) in [6, 6.07) is 23.1. The van der Waals surface area contributed by atoms with Gasteiger partial charge in [-0.3, -0.25) is 9.10 Å². The van der Waals surface area contributed by atoms with Gasteiger partial charge in [-0.1, -0.05) is 61.0 Å². The highest BCUT2D eigenvalue weighted by atomic mass is 32.2. The van der Waals surface area contributed by atoms with E-state index in [9.17, 15) is 13.2 Å². The zero-order valence-corrected chi connectivity index (χ0v) is 19.3. The highest BCUT2D eigenvalue weighted by Gasteiger charge is 2.27. The highest BCUT2D eigenvalue weighted by molar-refractivity contribution is 7.92. The summed E-state index contributed by atoms with van der Waals surface area (Å²) in [5, 5.41) is 2.87. The molecule has 0 aliphatic rings. The SMILES string of the molecule is COc1cccc(N(CC(=O)NCC(C)c2ccccc2)S(=O)(=O)c2ccc(C)cc2)c1. The molecule has 6 nitrogen and oxygen atoms in total. The van der Waals surface area contributed by atoms with Gasteiger partial charge in [-0.25, -0.2) is 8.42 Å². The number of sulfonamides is 1. The van der Waals surface area contributed by atoms with E-state index in [0.29, 0.717) is 18.0 Å². The lowest BCUT2D eigenvalue weighted by atomic mass is 10.0. The van der Waals surface area contributed by atoms with Crippen LogP contribution in [0.3, 0.4) is 0 Å². The van der Waals surface area contributed by atoms with Crippen molar-refractivity contribution in [2.24, 2.45) is 0 Å². The molecule has 0 saturated heterocycles. The van der Waals surface area contributed by atoms with E-state index in [1.165, 1.54) is 7.11 Å². The molecular weight excluding hydrogens is 424 g/mol. The molecule has 0 spiro atoms. The number of nitrogens with zero attached hydrogens (tertiary/aromatic N) is 1. The lowest BCUT2D eigenvalue weighted by Gasteiger charge is -2.25. The van der Waals surface area contributed by atoms with E-state index < -0.39 is 10.0 Å². The quantitative estimate of drug-likeness (QED) is 0.530. The summed E-state index contributed by atoms with van der Waals surface area (Å²) in [5.41, 5.74) is 2.41. The first kappa shape index (κ1) is 23.3. The van der Waals surface area contributed by atoms with Crippen LogP contribution in [0.1, 0.15) is 24.0 Å². The van der Waals surface area contributed by atoms with E-state index in [0.717, 1.165) is 15.4 Å². The summed E-state index contributed by atoms with van der Waals surface area (Å²) in [6.07, 6.45) is 0. The predicted molar refractivity (Wildman–Crippen MR) is 127 cm³/mol. The van der Waals surface area contributed by atoms with Gasteiger partial charge in [0.25, 0.3) is 10.0 Å². The summed E-state index contributed by atoms with van der Waals surface area (Å²) in [4.78, 5) is 12.9. The summed E-state index contributed by atoms with van der Waals surface area (Å²) < 4.78 is 33.3. The number of carbonyl (C=O) groups excluding carboxylic acids is 1. The van der Waals surface area contributed by atoms with Gasteiger partial charge in [-0.2, -0.15) is 0 Å². The fraction of sp³-hybridized carbons (Fsp3) is 0.240. The van der Waals surface area contributed by atoms with Crippen LogP contribution in [0.15, 0.2) is 83.8 Å². The number of ether oxygens (including phenoxy) is 1. The maximum atomic E-state index is 13.4. The van der Waals surface area contributed by atoms with E-state index >= 15 is 0 Å². The number of rotatable bonds is 9. The number of methoxy groups -OCH3 is 1. The number of nitrogens with one attached hydrogen (secondary N) is 1. The Labute approximate surface area is 189 Å². The van der Waals surface area contributed by atoms with Crippen LogP contribution in [0.4, 0.5) is 5.69 Å². The molecule has 3 rings (SSSR count). The van der Waals surface area contributed by atoms with E-state index in [1.807, 2.05) is 44.2 Å². The van der Waals surface area contributed by atoms with Crippen LogP contribution in [0.25, 0.3) is 0 Å². The average Bonchev–Trinajstić information content (AvgIpc) is 2.81. The molecule has 0 radical (unpaired) electrons. The molecule has 0 aromatic heterocycles. The second-order valence-electron chi connectivity index (χ2n) is 7.64. The van der Waals surface area contributed by atoms with Gasteiger partial charge < -0.3 is 10.1 Å². The zero-order chi connectivity index (χ0) is 23.1. The lowest BCUT2D eigenvalue weighted by molar-refractivity contribution is -0.119. The Balaban J connectivity index is 1.84. The minimum Gasteiger partial charge on any atom is -0.497 e. The standard InChI is InChI=1S/C25H28N2O4S/c1-19-12-14-24(15-13-19)32(29,30)27(22-10-7-11-23(16-22)31-3)18-25(28)26-17-20(2)21-8-5-4-6-9-21/h4-16,20H,17-18H2,1-3H3,(H,26,28). The van der Waals surface area contributed by atoms with Crippen LogP contribution < -0.4 is 14.4 Å². The van der Waals surface area contributed by atoms with E-state index in [1.54, 1.807) is 48.5 Å². The summed E-state index contributed by atoms with van der Waals surface area (Å²) in [7, 11) is -2.46. The fourth-order valence-corrected chi connectivity index (χ4v) is 4.68. The Hall–Kier alpha value is -3.32. The number of anilines is 1. The first-order valence-corrected chi connectivity index (χ1v) is 11.8. The maximum absolute atomic E-state index is 13.4. The Morgan fingerprint density at radius 1 is 1.00 bits per heavy atom. The van der Waals surface area contributed by atoms with Crippen LogP contribution in [-0.4, -0.2) is 34.5 Å². The second kappa shape index (κ2) is 10.3. The van der Waals surface area contributed by atoms with Crippen molar-refractivity contribution >= 4 is 21.6 Å². The predicted octanol–water partition coefficient (Wildman–Crippen LogP) is 4.12. The molecule has 0 saturated carbocycles. The Morgan fingerprint density at radius 2 is 1.69 bits per heavy atom. The summed E-state index contributed by atoms with van der Waals surface area (Å²) in [6.45, 7) is 3.96. The van der Waals surface area contributed by atoms with Crippen molar-refractivity contribution in [1.29, 1.82) is 0 Å². The number of amides is 1. The first-order valence-electron chi connectivity index (χ1n) is 10.4. The van der Waals surface area contributed by atoms with Crippen LogP contribution in [-0.2, 0) is 14.8 Å². The molecule has 0 heterocycles. The van der Waals surface area contributed by atoms with Crippen LogP contribution in [0.2, 0.25) is 0 Å². The molecule has 1 unspecified atom stereocenters. The monoisotopic (exact) mass is 452 g/mol. The summed E-state index contributed by atoms with van der Waals surface area (Å²) >= 11 is 0. The minimum absolute atomic E-state index is 0.0964. The molecule has 3 aromatic carbocycles. The molecule has 0 aliphatic heterocycles. The van der Waals surface area contributed by atoms with Gasteiger partial charge >= 0.3 is 0 Å². The maximum Gasteiger partial charge on any atom is 0.264 e. The molecule has 32 heavy (non-hydrogen) atoms. The Bertz CT molecular complexity index is 1150. The molecular formula is C25H28N2O4S. The van der Waals surface area contributed by atoms with Crippen molar-refractivity contribution in [3.05, 3.63) is 90.0 Å². The van der Waals surface area contributed by atoms with Crippen LogP contribution >= 0.6 is 0 Å². The molecule has 0 aliphatic carbocycles. The number of aryl methyl sites for hydroxylation is 1. The number of benzene rings is 3. The molecule has 3 aromatic rings. The van der Waals surface area contributed by atoms with Gasteiger partial charge in [0, 0.05) is 12.6 Å². The van der Waals surface area contributed by atoms with Crippen LogP contribution in [0.5, 0.6) is 5.75 Å². The molecule has 1 N–H and O–H groups in total. The van der Waals surface area contributed by atoms with Crippen molar-refractivity contribution in [2.75, 3.05) is 24.5 Å². The van der Waals surface area contributed by atoms with Gasteiger partial charge in [0.2, 0.25) is 5.91 Å². The van der Waals surface area contributed by atoms with Crippen molar-refractivity contribution < 1.29 is 17.9 Å². The lowest BCUT2D eigenvalue weighted by Crippen LogP contribution is -2.41. The Kier molecular flexibility index (Phi) is 7.53. The average molecular weight is 453 g/mol. The molecule has 7 heteroatoms. The normalized spacial score (nSPS) is 12.1. The first-order chi connectivity index (χ1) is 15.3. The molecule has 0 fully saturated rings. The topological polar surface area (TPSA) is 75.7 Å². The van der Waals surface area contributed by atoms with E-state index in [-0.39, 0.29) is 23.3 Å². The fourth-order valence-electron chi connectivity index (χ4n) is 3.27. The van der Waals surface area contributed by atoms with Gasteiger partial charge in [-0.05, 0) is 42.7 Å². The zero-order valence-electron chi connectivity index (χ0n) is 18.5. The van der Waals surface area contributed by atoms with Crippen molar-refractivity contribution in [1.82, 2.24) is 5.32 Å². The van der Waals surface area contributed by atoms with Crippen molar-refractivity contribution in [2.45, 2.75) is 24.7 Å². The third kappa shape index (κ3) is 5.68. The minimum atomic E-state index is -3.96. The van der Waals surface area contributed by atoms with Gasteiger partial charge in [0.15, 0.2) is 0 Å². The highest BCUT2D eigenvalue weighted by Crippen LogP contribution is 2.27. The van der Waals surface area contributed by atoms with E-state index in [2.05, 4.69) is 5.32 Å². The number of hydrogen-bond acceptors (Lipinski definition) is 4. The molecule has 1 amide bonds. The number of hydrogen-bond donors (Lipinski definition) is 1. The smallest absolute Gasteiger partial charge is 0.264 e. The third-order valence-corrected chi connectivity index (χ3v) is 7.00. The largest absolute Gasteiger partial charge is 0.497 e. The van der Waals surface area contributed by atoms with Gasteiger partial charge in [0.05, 0.1) is 17.7 Å². The van der Waals surface area contributed by atoms with E-state index in [4.69, 9.17) is 4.74 Å². The Morgan fingerprint density at radius 3 is 2.34 bits per heavy atom. The molecule has 1 atom stereocenters. The third-order valence-electron chi connectivity index (χ3n) is 5.21. The van der Waals surface area contributed by atoms with Crippen molar-refractivity contribution in [3.8, 4) is 5.75 Å².